The fraction of sp³-hybridized carbons (Fsp3) is 0.684. The van der Waals surface area contributed by atoms with Crippen LogP contribution in [0.1, 0.15) is 31.7 Å². The van der Waals surface area contributed by atoms with E-state index in [9.17, 15) is 0 Å². The van der Waals surface area contributed by atoms with Crippen LogP contribution in [0.4, 0.5) is 5.69 Å². The number of rotatable bonds is 6. The standard InChI is InChI=1S/C19H31N3O/c1-17-6-4-5-10-21(17)11-9-20-16-18-7-2-3-8-19(18)22-12-14-23-15-13-22/h2-3,7-8,17,20H,4-6,9-16H2,1H3/t17-/m0/s1. The first-order valence-electron chi connectivity index (χ1n) is 9.20. The molecule has 2 aliphatic heterocycles. The SMILES string of the molecule is C[C@H]1CCCCN1CCNCc1ccccc1N1CCOCC1. The Bertz CT molecular complexity index is 473. The van der Waals surface area contributed by atoms with E-state index in [0.717, 1.165) is 45.4 Å². The first kappa shape index (κ1) is 16.7. The Hall–Kier alpha value is -1.10. The summed E-state index contributed by atoms with van der Waals surface area (Å²) in [5, 5.41) is 3.65. The quantitative estimate of drug-likeness (QED) is 0.816. The number of piperidine rings is 1. The zero-order valence-electron chi connectivity index (χ0n) is 14.5. The summed E-state index contributed by atoms with van der Waals surface area (Å²) in [6, 6.07) is 9.54. The molecule has 4 heteroatoms. The average Bonchev–Trinajstić information content (AvgIpc) is 2.61. The number of hydrogen-bond donors (Lipinski definition) is 1. The molecule has 2 fully saturated rings. The van der Waals surface area contributed by atoms with Crippen molar-refractivity contribution in [3.63, 3.8) is 0 Å². The van der Waals surface area contributed by atoms with Crippen LogP contribution in [0.2, 0.25) is 0 Å². The maximum atomic E-state index is 5.47. The van der Waals surface area contributed by atoms with Gasteiger partial charge >= 0.3 is 0 Å². The highest BCUT2D eigenvalue weighted by atomic mass is 16.5. The third-order valence-electron chi connectivity index (χ3n) is 5.18. The summed E-state index contributed by atoms with van der Waals surface area (Å²) in [7, 11) is 0. The minimum absolute atomic E-state index is 0.756. The van der Waals surface area contributed by atoms with Gasteiger partial charge in [0, 0.05) is 44.5 Å². The van der Waals surface area contributed by atoms with Crippen LogP contribution in [0.15, 0.2) is 24.3 Å². The Labute approximate surface area is 140 Å². The summed E-state index contributed by atoms with van der Waals surface area (Å²) in [6.07, 6.45) is 4.13. The lowest BCUT2D eigenvalue weighted by molar-refractivity contribution is 0.122. The molecule has 4 nitrogen and oxygen atoms in total. The van der Waals surface area contributed by atoms with Gasteiger partial charge in [-0.2, -0.15) is 0 Å². The van der Waals surface area contributed by atoms with Crippen molar-refractivity contribution < 1.29 is 4.74 Å². The fourth-order valence-electron chi connectivity index (χ4n) is 3.71. The van der Waals surface area contributed by atoms with Crippen LogP contribution >= 0.6 is 0 Å². The summed E-state index contributed by atoms with van der Waals surface area (Å²) >= 11 is 0. The molecule has 0 amide bonds. The van der Waals surface area contributed by atoms with Gasteiger partial charge in [-0.25, -0.2) is 0 Å². The summed E-state index contributed by atoms with van der Waals surface area (Å²) in [5.74, 6) is 0. The van der Waals surface area contributed by atoms with E-state index >= 15 is 0 Å². The number of hydrogen-bond acceptors (Lipinski definition) is 4. The number of anilines is 1. The van der Waals surface area contributed by atoms with Crippen LogP contribution in [0, 0.1) is 0 Å². The maximum Gasteiger partial charge on any atom is 0.0642 e. The van der Waals surface area contributed by atoms with Crippen LogP contribution in [0.3, 0.4) is 0 Å². The molecule has 0 aliphatic carbocycles. The monoisotopic (exact) mass is 317 g/mol. The molecule has 0 saturated carbocycles. The average molecular weight is 317 g/mol. The zero-order chi connectivity index (χ0) is 15.9. The molecular weight excluding hydrogens is 286 g/mol. The normalized spacial score (nSPS) is 23.2. The Morgan fingerprint density at radius 3 is 2.78 bits per heavy atom. The number of ether oxygens (including phenoxy) is 1. The van der Waals surface area contributed by atoms with Gasteiger partial charge in [0.1, 0.15) is 0 Å². The first-order valence-corrected chi connectivity index (χ1v) is 9.20. The van der Waals surface area contributed by atoms with Crippen molar-refractivity contribution in [3.8, 4) is 0 Å². The molecule has 3 rings (SSSR count). The highest BCUT2D eigenvalue weighted by Crippen LogP contribution is 2.21. The Morgan fingerprint density at radius 2 is 1.96 bits per heavy atom. The lowest BCUT2D eigenvalue weighted by atomic mass is 10.0. The van der Waals surface area contributed by atoms with Gasteiger partial charge in [-0.3, -0.25) is 4.90 Å². The molecule has 2 saturated heterocycles. The molecule has 23 heavy (non-hydrogen) atoms. The Morgan fingerprint density at radius 1 is 1.13 bits per heavy atom. The molecule has 0 radical (unpaired) electrons. The molecular formula is C19H31N3O. The van der Waals surface area contributed by atoms with Gasteiger partial charge < -0.3 is 15.0 Å². The van der Waals surface area contributed by atoms with Gasteiger partial charge in [0.15, 0.2) is 0 Å². The van der Waals surface area contributed by atoms with E-state index in [1.807, 2.05) is 0 Å². The van der Waals surface area contributed by atoms with Crippen molar-refractivity contribution >= 4 is 5.69 Å². The second kappa shape index (κ2) is 8.67. The van der Waals surface area contributed by atoms with E-state index in [1.54, 1.807) is 0 Å². The minimum Gasteiger partial charge on any atom is -0.378 e. The van der Waals surface area contributed by atoms with Crippen LogP contribution in [-0.4, -0.2) is 56.9 Å². The number of para-hydroxylation sites is 1. The van der Waals surface area contributed by atoms with Gasteiger partial charge in [0.25, 0.3) is 0 Å². The molecule has 1 atom stereocenters. The van der Waals surface area contributed by atoms with Crippen LogP contribution < -0.4 is 10.2 Å². The fourth-order valence-corrected chi connectivity index (χ4v) is 3.71. The van der Waals surface area contributed by atoms with Crippen LogP contribution in [-0.2, 0) is 11.3 Å². The van der Waals surface area contributed by atoms with Crippen LogP contribution in [0.5, 0.6) is 0 Å². The topological polar surface area (TPSA) is 27.7 Å². The van der Waals surface area contributed by atoms with Crippen molar-refractivity contribution in [1.29, 1.82) is 0 Å². The van der Waals surface area contributed by atoms with Crippen molar-refractivity contribution in [2.45, 2.75) is 38.8 Å². The predicted octanol–water partition coefficient (Wildman–Crippen LogP) is 2.49. The van der Waals surface area contributed by atoms with Crippen molar-refractivity contribution in [1.82, 2.24) is 10.2 Å². The summed E-state index contributed by atoms with van der Waals surface area (Å²) in [4.78, 5) is 5.08. The number of nitrogens with zero attached hydrogens (tertiary/aromatic N) is 2. The molecule has 1 aromatic rings. The Kier molecular flexibility index (Phi) is 6.31. The lowest BCUT2D eigenvalue weighted by Crippen LogP contribution is -2.41. The van der Waals surface area contributed by atoms with E-state index in [0.29, 0.717) is 0 Å². The Balaban J connectivity index is 1.48. The van der Waals surface area contributed by atoms with Crippen molar-refractivity contribution in [3.05, 3.63) is 29.8 Å². The predicted molar refractivity (Wildman–Crippen MR) is 96.1 cm³/mol. The van der Waals surface area contributed by atoms with E-state index < -0.39 is 0 Å². The highest BCUT2D eigenvalue weighted by molar-refractivity contribution is 5.53. The number of likely N-dealkylation sites (tertiary alicyclic amines) is 1. The molecule has 2 aliphatic rings. The summed E-state index contributed by atoms with van der Waals surface area (Å²) in [5.41, 5.74) is 2.77. The van der Waals surface area contributed by atoms with Crippen LogP contribution in [0.25, 0.3) is 0 Å². The summed E-state index contributed by atoms with van der Waals surface area (Å²) < 4.78 is 5.47. The third-order valence-corrected chi connectivity index (χ3v) is 5.18. The molecule has 128 valence electrons. The summed E-state index contributed by atoms with van der Waals surface area (Å²) in [6.45, 7) is 10.5. The van der Waals surface area contributed by atoms with Gasteiger partial charge in [0.05, 0.1) is 13.2 Å². The second-order valence-electron chi connectivity index (χ2n) is 6.79. The minimum atomic E-state index is 0.756. The number of nitrogens with one attached hydrogen (secondary N) is 1. The molecule has 1 aromatic carbocycles. The molecule has 1 N–H and O–H groups in total. The molecule has 0 spiro atoms. The van der Waals surface area contributed by atoms with Gasteiger partial charge in [0.2, 0.25) is 0 Å². The lowest BCUT2D eigenvalue weighted by Gasteiger charge is -2.33. The van der Waals surface area contributed by atoms with E-state index in [4.69, 9.17) is 4.74 Å². The molecule has 0 unspecified atom stereocenters. The van der Waals surface area contributed by atoms with Crippen molar-refractivity contribution in [2.75, 3.05) is 50.8 Å². The number of morpholine rings is 1. The van der Waals surface area contributed by atoms with E-state index in [1.165, 1.54) is 43.6 Å². The molecule has 0 bridgehead atoms. The van der Waals surface area contributed by atoms with E-state index in [-0.39, 0.29) is 0 Å². The van der Waals surface area contributed by atoms with Gasteiger partial charge in [-0.05, 0) is 37.9 Å². The smallest absolute Gasteiger partial charge is 0.0642 e. The highest BCUT2D eigenvalue weighted by Gasteiger charge is 2.17. The number of benzene rings is 1. The molecule has 2 heterocycles. The zero-order valence-corrected chi connectivity index (χ0v) is 14.5. The first-order chi connectivity index (χ1) is 11.3. The third kappa shape index (κ3) is 4.69. The van der Waals surface area contributed by atoms with Gasteiger partial charge in [-0.15, -0.1) is 0 Å². The molecule has 0 aromatic heterocycles. The van der Waals surface area contributed by atoms with E-state index in [2.05, 4.69) is 46.3 Å². The largest absolute Gasteiger partial charge is 0.378 e. The maximum absolute atomic E-state index is 5.47. The van der Waals surface area contributed by atoms with Crippen molar-refractivity contribution in [2.24, 2.45) is 0 Å². The van der Waals surface area contributed by atoms with Gasteiger partial charge in [-0.1, -0.05) is 24.6 Å². The second-order valence-corrected chi connectivity index (χ2v) is 6.79.